The van der Waals surface area contributed by atoms with Crippen molar-refractivity contribution in [2.24, 2.45) is 0 Å². The molecule has 1 saturated heterocycles. The second-order valence-corrected chi connectivity index (χ2v) is 5.96. The van der Waals surface area contributed by atoms with E-state index >= 15 is 0 Å². The minimum Gasteiger partial charge on any atom is -0.359 e. The Morgan fingerprint density at radius 3 is 2.78 bits per heavy atom. The summed E-state index contributed by atoms with van der Waals surface area (Å²) in [6.07, 6.45) is 7.24. The molecule has 3 aromatic rings. The molecular formula is C15H16ClN7. The smallest absolute Gasteiger partial charge is 0.153 e. The predicted molar refractivity (Wildman–Crippen MR) is 88.4 cm³/mol. The van der Waals surface area contributed by atoms with E-state index in [4.69, 9.17) is 11.6 Å². The number of rotatable bonds is 3. The summed E-state index contributed by atoms with van der Waals surface area (Å²) in [5, 5.41) is 8.54. The number of piperazine rings is 1. The van der Waals surface area contributed by atoms with Crippen molar-refractivity contribution >= 4 is 28.5 Å². The largest absolute Gasteiger partial charge is 0.359 e. The van der Waals surface area contributed by atoms with Crippen LogP contribution in [-0.4, -0.2) is 56.2 Å². The van der Waals surface area contributed by atoms with Crippen molar-refractivity contribution in [2.45, 2.75) is 6.54 Å². The van der Waals surface area contributed by atoms with E-state index in [2.05, 4.69) is 34.9 Å². The molecule has 8 heteroatoms. The van der Waals surface area contributed by atoms with Gasteiger partial charge in [0.05, 0.1) is 11.7 Å². The van der Waals surface area contributed by atoms with Crippen molar-refractivity contribution in [3.63, 3.8) is 0 Å². The first-order valence-corrected chi connectivity index (χ1v) is 7.90. The van der Waals surface area contributed by atoms with E-state index in [0.29, 0.717) is 5.15 Å². The number of aromatic nitrogens is 5. The summed E-state index contributed by atoms with van der Waals surface area (Å²) in [5.74, 6) is 0.944. The lowest BCUT2D eigenvalue weighted by Gasteiger charge is -2.35. The van der Waals surface area contributed by atoms with Gasteiger partial charge >= 0.3 is 0 Å². The summed E-state index contributed by atoms with van der Waals surface area (Å²) in [6, 6.07) is 1.80. The van der Waals surface area contributed by atoms with Gasteiger partial charge in [0.2, 0.25) is 0 Å². The Morgan fingerprint density at radius 2 is 2.00 bits per heavy atom. The molecule has 0 bridgehead atoms. The molecule has 0 radical (unpaired) electrons. The lowest BCUT2D eigenvalue weighted by molar-refractivity contribution is 0.250. The Bertz CT molecular complexity index is 796. The molecule has 0 amide bonds. The number of hydrogen-bond acceptors (Lipinski definition) is 6. The molecule has 1 N–H and O–H groups in total. The number of fused-ring (bicyclic) bond motifs is 1. The Morgan fingerprint density at radius 1 is 1.13 bits per heavy atom. The van der Waals surface area contributed by atoms with E-state index in [9.17, 15) is 0 Å². The first kappa shape index (κ1) is 14.3. The first-order chi connectivity index (χ1) is 11.3. The fourth-order valence-corrected chi connectivity index (χ4v) is 3.05. The fourth-order valence-electron chi connectivity index (χ4n) is 2.90. The fraction of sp³-hybridized carbons (Fsp3) is 0.333. The molecule has 3 aromatic heterocycles. The first-order valence-electron chi connectivity index (χ1n) is 7.52. The molecule has 0 spiro atoms. The zero-order chi connectivity index (χ0) is 15.6. The molecule has 0 aliphatic carbocycles. The summed E-state index contributed by atoms with van der Waals surface area (Å²) in [6.45, 7) is 4.69. The van der Waals surface area contributed by atoms with Crippen molar-refractivity contribution in [1.82, 2.24) is 30.0 Å². The lowest BCUT2D eigenvalue weighted by Crippen LogP contribution is -2.46. The maximum absolute atomic E-state index is 5.87. The van der Waals surface area contributed by atoms with Crippen LogP contribution in [0.5, 0.6) is 0 Å². The van der Waals surface area contributed by atoms with Gasteiger partial charge in [0.1, 0.15) is 11.3 Å². The molecule has 0 aromatic carbocycles. The Balaban J connectivity index is 1.43. The van der Waals surface area contributed by atoms with Crippen molar-refractivity contribution in [1.29, 1.82) is 0 Å². The quantitative estimate of drug-likeness (QED) is 0.788. The molecule has 118 valence electrons. The molecule has 23 heavy (non-hydrogen) atoms. The summed E-state index contributed by atoms with van der Waals surface area (Å²) in [4.78, 5) is 16.4. The number of hydrogen-bond donors (Lipinski definition) is 1. The predicted octanol–water partition coefficient (Wildman–Crippen LogP) is 1.72. The van der Waals surface area contributed by atoms with Crippen LogP contribution in [0.25, 0.3) is 11.0 Å². The standard InChI is InChI=1S/C15H16ClN7/c16-13-7-12-15(21-20-13)11(8-19-12)10-22-3-5-23(6-4-22)14-9-17-1-2-18-14/h1-2,7-9,19H,3-6,10H2. The van der Waals surface area contributed by atoms with Crippen molar-refractivity contribution < 1.29 is 0 Å². The zero-order valence-corrected chi connectivity index (χ0v) is 13.2. The molecule has 1 aliphatic rings. The highest BCUT2D eigenvalue weighted by Gasteiger charge is 2.19. The van der Waals surface area contributed by atoms with Crippen molar-refractivity contribution in [2.75, 3.05) is 31.1 Å². The molecule has 1 fully saturated rings. The van der Waals surface area contributed by atoms with E-state index in [-0.39, 0.29) is 0 Å². The van der Waals surface area contributed by atoms with Gasteiger partial charge in [-0.25, -0.2) is 4.98 Å². The highest BCUT2D eigenvalue weighted by molar-refractivity contribution is 6.29. The van der Waals surface area contributed by atoms with Crippen LogP contribution in [0.3, 0.4) is 0 Å². The summed E-state index contributed by atoms with van der Waals surface area (Å²) in [5.41, 5.74) is 2.97. The van der Waals surface area contributed by atoms with Gasteiger partial charge in [0, 0.05) is 62.9 Å². The van der Waals surface area contributed by atoms with Gasteiger partial charge in [-0.2, -0.15) is 0 Å². The second-order valence-electron chi connectivity index (χ2n) is 5.57. The topological polar surface area (TPSA) is 73.8 Å². The van der Waals surface area contributed by atoms with Gasteiger partial charge in [-0.1, -0.05) is 11.6 Å². The molecule has 0 atom stereocenters. The van der Waals surface area contributed by atoms with Gasteiger partial charge < -0.3 is 9.88 Å². The summed E-state index contributed by atoms with van der Waals surface area (Å²) < 4.78 is 0. The normalized spacial score (nSPS) is 16.1. The average Bonchev–Trinajstić information content (AvgIpc) is 2.98. The number of halogens is 1. The maximum atomic E-state index is 5.87. The number of H-pyrrole nitrogens is 1. The minimum atomic E-state index is 0.406. The third-order valence-corrected chi connectivity index (χ3v) is 4.29. The van der Waals surface area contributed by atoms with Crippen LogP contribution >= 0.6 is 11.6 Å². The molecular weight excluding hydrogens is 314 g/mol. The number of nitrogens with zero attached hydrogens (tertiary/aromatic N) is 6. The highest BCUT2D eigenvalue weighted by atomic mass is 35.5. The van der Waals surface area contributed by atoms with Gasteiger partial charge in [-0.3, -0.25) is 9.88 Å². The van der Waals surface area contributed by atoms with Gasteiger partial charge in [0.15, 0.2) is 5.15 Å². The monoisotopic (exact) mass is 329 g/mol. The molecule has 0 saturated carbocycles. The Hall–Kier alpha value is -2.25. The zero-order valence-electron chi connectivity index (χ0n) is 12.5. The van der Waals surface area contributed by atoms with Crippen LogP contribution in [0.1, 0.15) is 5.56 Å². The maximum Gasteiger partial charge on any atom is 0.153 e. The van der Waals surface area contributed by atoms with Crippen LogP contribution in [0.2, 0.25) is 5.15 Å². The lowest BCUT2D eigenvalue weighted by atomic mass is 10.2. The number of nitrogens with one attached hydrogen (secondary N) is 1. The minimum absolute atomic E-state index is 0.406. The molecule has 0 unspecified atom stereocenters. The second kappa shape index (κ2) is 6.10. The van der Waals surface area contributed by atoms with Crippen LogP contribution in [0.15, 0.2) is 30.9 Å². The van der Waals surface area contributed by atoms with E-state index in [0.717, 1.165) is 55.1 Å². The molecule has 7 nitrogen and oxygen atoms in total. The van der Waals surface area contributed by atoms with Gasteiger partial charge in [0.25, 0.3) is 0 Å². The summed E-state index contributed by atoms with van der Waals surface area (Å²) >= 11 is 5.87. The highest BCUT2D eigenvalue weighted by Crippen LogP contribution is 2.20. The van der Waals surface area contributed by atoms with E-state index in [1.807, 2.05) is 12.4 Å². The Labute approximate surface area is 138 Å². The third kappa shape index (κ3) is 2.97. The summed E-state index contributed by atoms with van der Waals surface area (Å²) in [7, 11) is 0. The van der Waals surface area contributed by atoms with Crippen LogP contribution in [0, 0.1) is 0 Å². The van der Waals surface area contributed by atoms with Gasteiger partial charge in [-0.15, -0.1) is 10.2 Å². The molecule has 4 heterocycles. The van der Waals surface area contributed by atoms with Crippen molar-refractivity contribution in [3.05, 3.63) is 41.6 Å². The molecule has 1 aliphatic heterocycles. The third-order valence-electron chi connectivity index (χ3n) is 4.11. The van der Waals surface area contributed by atoms with Crippen molar-refractivity contribution in [3.8, 4) is 0 Å². The Kier molecular flexibility index (Phi) is 3.80. The number of anilines is 1. The van der Waals surface area contributed by atoms with Crippen LogP contribution in [-0.2, 0) is 6.54 Å². The van der Waals surface area contributed by atoms with E-state index in [1.165, 1.54) is 0 Å². The average molecular weight is 330 g/mol. The van der Waals surface area contributed by atoms with E-state index in [1.54, 1.807) is 18.5 Å². The van der Waals surface area contributed by atoms with Gasteiger partial charge in [-0.05, 0) is 0 Å². The van der Waals surface area contributed by atoms with Crippen LogP contribution < -0.4 is 4.90 Å². The molecule has 4 rings (SSSR count). The number of aromatic amines is 1. The SMILES string of the molecule is Clc1cc2[nH]cc(CN3CCN(c4cnccn4)CC3)c2nn1. The van der Waals surface area contributed by atoms with E-state index < -0.39 is 0 Å². The van der Waals surface area contributed by atoms with Crippen LogP contribution in [0.4, 0.5) is 5.82 Å².